The van der Waals surface area contributed by atoms with E-state index in [-0.39, 0.29) is 5.02 Å². The molecule has 0 bridgehead atoms. The molecule has 3 nitrogen and oxygen atoms in total. The Morgan fingerprint density at radius 1 is 1.60 bits per heavy atom. The van der Waals surface area contributed by atoms with Crippen LogP contribution in [0.5, 0.6) is 0 Å². The molecule has 15 heavy (non-hydrogen) atoms. The minimum atomic E-state index is -4.06. The lowest BCUT2D eigenvalue weighted by Gasteiger charge is -2.11. The Balaban J connectivity index is 3.04. The minimum absolute atomic E-state index is 0.275. The monoisotopic (exact) mass is 239 g/mol. The molecule has 0 radical (unpaired) electrons. The SMILES string of the molecule is O=C(O)C(F)(F)Cc1c(Cl)ccnc1F. The zero-order valence-electron chi connectivity index (χ0n) is 7.18. The molecule has 0 aromatic carbocycles. The normalized spacial score (nSPS) is 11.5. The van der Waals surface area contributed by atoms with E-state index in [1.165, 1.54) is 0 Å². The highest BCUT2D eigenvalue weighted by Crippen LogP contribution is 2.26. The van der Waals surface area contributed by atoms with Gasteiger partial charge in [0.1, 0.15) is 0 Å². The van der Waals surface area contributed by atoms with Crippen molar-refractivity contribution in [2.24, 2.45) is 0 Å². The van der Waals surface area contributed by atoms with E-state index in [4.69, 9.17) is 16.7 Å². The van der Waals surface area contributed by atoms with Gasteiger partial charge in [0.15, 0.2) is 0 Å². The average Bonchev–Trinajstić information content (AvgIpc) is 2.11. The number of carbonyl (C=O) groups is 1. The molecule has 0 atom stereocenters. The first-order valence-electron chi connectivity index (χ1n) is 3.74. The van der Waals surface area contributed by atoms with Gasteiger partial charge >= 0.3 is 11.9 Å². The Hall–Kier alpha value is -1.30. The third kappa shape index (κ3) is 2.59. The quantitative estimate of drug-likeness (QED) is 0.822. The van der Waals surface area contributed by atoms with Crippen molar-refractivity contribution in [3.63, 3.8) is 0 Å². The van der Waals surface area contributed by atoms with Gasteiger partial charge in [0.05, 0.1) is 11.4 Å². The Kier molecular flexibility index (Phi) is 3.18. The molecule has 1 aromatic rings. The third-order valence-electron chi connectivity index (χ3n) is 1.66. The predicted octanol–water partition coefficient (Wildman–Crippen LogP) is 2.14. The Bertz CT molecular complexity index is 377. The Labute approximate surface area is 87.5 Å². The molecule has 1 rings (SSSR count). The highest BCUT2D eigenvalue weighted by molar-refractivity contribution is 6.31. The van der Waals surface area contributed by atoms with Crippen molar-refractivity contribution in [2.75, 3.05) is 0 Å². The molecular formula is C8H5ClF3NO2. The smallest absolute Gasteiger partial charge is 0.374 e. The summed E-state index contributed by atoms with van der Waals surface area (Å²) in [4.78, 5) is 13.2. The van der Waals surface area contributed by atoms with Crippen molar-refractivity contribution >= 4 is 17.6 Å². The van der Waals surface area contributed by atoms with Crippen LogP contribution in [0.3, 0.4) is 0 Å². The number of pyridine rings is 1. The first-order chi connectivity index (χ1) is 6.84. The van der Waals surface area contributed by atoms with Crippen LogP contribution in [0.2, 0.25) is 5.02 Å². The third-order valence-corrected chi connectivity index (χ3v) is 2.01. The molecular weight excluding hydrogens is 235 g/mol. The standard InChI is InChI=1S/C8H5ClF3NO2/c9-5-1-2-13-6(10)4(5)3-8(11,12)7(14)15/h1-2H,3H2,(H,14,15). The number of alkyl halides is 2. The fourth-order valence-electron chi connectivity index (χ4n) is 0.900. The maximum absolute atomic E-state index is 12.9. The van der Waals surface area contributed by atoms with Crippen molar-refractivity contribution < 1.29 is 23.1 Å². The molecule has 1 heterocycles. The molecule has 0 aliphatic rings. The summed E-state index contributed by atoms with van der Waals surface area (Å²) in [5, 5.41) is 7.87. The van der Waals surface area contributed by atoms with E-state index in [1.54, 1.807) is 0 Å². The number of nitrogens with zero attached hydrogens (tertiary/aromatic N) is 1. The molecule has 0 amide bonds. The molecule has 1 N–H and O–H groups in total. The van der Waals surface area contributed by atoms with Gasteiger partial charge in [0, 0.05) is 11.8 Å². The van der Waals surface area contributed by atoms with Crippen LogP contribution < -0.4 is 0 Å². The lowest BCUT2D eigenvalue weighted by molar-refractivity contribution is -0.164. The summed E-state index contributed by atoms with van der Waals surface area (Å²) in [6, 6.07) is 1.11. The predicted molar refractivity (Wildman–Crippen MR) is 45.5 cm³/mol. The first-order valence-corrected chi connectivity index (χ1v) is 4.12. The van der Waals surface area contributed by atoms with Gasteiger partial charge in [-0.05, 0) is 6.07 Å². The van der Waals surface area contributed by atoms with Crippen LogP contribution in [0.4, 0.5) is 13.2 Å². The van der Waals surface area contributed by atoms with E-state index in [0.29, 0.717) is 0 Å². The van der Waals surface area contributed by atoms with E-state index in [1.807, 2.05) is 0 Å². The Morgan fingerprint density at radius 3 is 2.67 bits per heavy atom. The van der Waals surface area contributed by atoms with Gasteiger partial charge in [-0.2, -0.15) is 13.2 Å². The molecule has 0 fully saturated rings. The second-order valence-electron chi connectivity index (χ2n) is 2.75. The molecule has 0 spiro atoms. The Morgan fingerprint density at radius 2 is 2.20 bits per heavy atom. The summed E-state index contributed by atoms with van der Waals surface area (Å²) in [7, 11) is 0. The largest absolute Gasteiger partial charge is 0.477 e. The van der Waals surface area contributed by atoms with Crippen molar-refractivity contribution in [2.45, 2.75) is 12.3 Å². The van der Waals surface area contributed by atoms with Crippen LogP contribution in [0.15, 0.2) is 12.3 Å². The fraction of sp³-hybridized carbons (Fsp3) is 0.250. The van der Waals surface area contributed by atoms with Crippen molar-refractivity contribution in [3.8, 4) is 0 Å². The highest BCUT2D eigenvalue weighted by atomic mass is 35.5. The summed E-state index contributed by atoms with van der Waals surface area (Å²) in [6.07, 6.45) is -0.319. The second kappa shape index (κ2) is 4.06. The molecule has 7 heteroatoms. The zero-order valence-corrected chi connectivity index (χ0v) is 7.93. The van der Waals surface area contributed by atoms with Crippen molar-refractivity contribution in [1.82, 2.24) is 4.98 Å². The van der Waals surface area contributed by atoms with Gasteiger partial charge in [-0.3, -0.25) is 0 Å². The van der Waals surface area contributed by atoms with Gasteiger partial charge < -0.3 is 5.11 Å². The van der Waals surface area contributed by atoms with Gasteiger partial charge in [-0.1, -0.05) is 11.6 Å². The molecule has 0 saturated heterocycles. The van der Waals surface area contributed by atoms with Gasteiger partial charge in [-0.15, -0.1) is 0 Å². The lowest BCUT2D eigenvalue weighted by atomic mass is 10.1. The van der Waals surface area contributed by atoms with Gasteiger partial charge in [-0.25, -0.2) is 9.78 Å². The van der Waals surface area contributed by atoms with Crippen LogP contribution in [0, 0.1) is 5.95 Å². The maximum Gasteiger partial charge on any atom is 0.374 e. The number of carboxylic acids is 1. The van der Waals surface area contributed by atoms with Crippen LogP contribution in [-0.4, -0.2) is 22.0 Å². The van der Waals surface area contributed by atoms with E-state index in [0.717, 1.165) is 12.3 Å². The topological polar surface area (TPSA) is 50.2 Å². The van der Waals surface area contributed by atoms with E-state index >= 15 is 0 Å². The van der Waals surface area contributed by atoms with Crippen LogP contribution in [0.1, 0.15) is 5.56 Å². The summed E-state index contributed by atoms with van der Waals surface area (Å²) < 4.78 is 38.4. The zero-order chi connectivity index (χ0) is 11.6. The summed E-state index contributed by atoms with van der Waals surface area (Å²) in [5.74, 6) is -7.58. The van der Waals surface area contributed by atoms with Crippen LogP contribution in [-0.2, 0) is 11.2 Å². The number of halogens is 4. The van der Waals surface area contributed by atoms with Crippen LogP contribution in [0.25, 0.3) is 0 Å². The number of rotatable bonds is 3. The maximum atomic E-state index is 12.9. The number of hydrogen-bond donors (Lipinski definition) is 1. The van der Waals surface area contributed by atoms with E-state index in [9.17, 15) is 18.0 Å². The molecule has 1 aromatic heterocycles. The summed E-state index contributed by atoms with van der Waals surface area (Å²) in [6.45, 7) is 0. The first kappa shape index (κ1) is 11.8. The number of carboxylic acid groups (broad SMARTS) is 1. The van der Waals surface area contributed by atoms with Crippen molar-refractivity contribution in [3.05, 3.63) is 28.8 Å². The van der Waals surface area contributed by atoms with Crippen LogP contribution >= 0.6 is 11.6 Å². The summed E-state index contributed by atoms with van der Waals surface area (Å²) in [5.41, 5.74) is -0.605. The van der Waals surface area contributed by atoms with Gasteiger partial charge in [0.2, 0.25) is 5.95 Å². The minimum Gasteiger partial charge on any atom is -0.477 e. The molecule has 0 unspecified atom stereocenters. The molecule has 0 aliphatic heterocycles. The molecule has 0 saturated carbocycles. The fourth-order valence-corrected chi connectivity index (χ4v) is 1.10. The number of aromatic nitrogens is 1. The highest BCUT2D eigenvalue weighted by Gasteiger charge is 2.40. The number of aliphatic carboxylic acids is 1. The van der Waals surface area contributed by atoms with E-state index in [2.05, 4.69) is 4.98 Å². The van der Waals surface area contributed by atoms with Gasteiger partial charge in [0.25, 0.3) is 0 Å². The lowest BCUT2D eigenvalue weighted by Crippen LogP contribution is -2.31. The van der Waals surface area contributed by atoms with E-state index < -0.39 is 29.8 Å². The average molecular weight is 240 g/mol. The van der Waals surface area contributed by atoms with Crippen molar-refractivity contribution in [1.29, 1.82) is 0 Å². The number of hydrogen-bond acceptors (Lipinski definition) is 2. The molecule has 0 aliphatic carbocycles. The second-order valence-corrected chi connectivity index (χ2v) is 3.16. The molecule has 82 valence electrons. The summed E-state index contributed by atoms with van der Waals surface area (Å²) >= 11 is 5.43.